The summed E-state index contributed by atoms with van der Waals surface area (Å²) in [7, 11) is -3.54. The Morgan fingerprint density at radius 2 is 1.62 bits per heavy atom. The fourth-order valence-electron chi connectivity index (χ4n) is 4.73. The van der Waals surface area contributed by atoms with Crippen LogP contribution in [0.1, 0.15) is 36.3 Å². The largest absolute Gasteiger partial charge is 0.336 e. The number of piperazine rings is 1. The molecule has 1 amide bonds. The van der Waals surface area contributed by atoms with Crippen molar-refractivity contribution in [3.8, 4) is 0 Å². The van der Waals surface area contributed by atoms with Gasteiger partial charge >= 0.3 is 0 Å². The van der Waals surface area contributed by atoms with Gasteiger partial charge in [0.15, 0.2) is 0 Å². The SMILES string of the molecule is CC1CC(C)CN(S(=O)(=O)c2ccc(C(=O)N3CCN(Cc4ccccn4)CC3)cc2)C1. The molecule has 2 aromatic rings. The van der Waals surface area contributed by atoms with Gasteiger partial charge in [-0.1, -0.05) is 19.9 Å². The van der Waals surface area contributed by atoms with E-state index < -0.39 is 10.0 Å². The van der Waals surface area contributed by atoms with Gasteiger partial charge in [-0.15, -0.1) is 0 Å². The molecule has 2 saturated heterocycles. The van der Waals surface area contributed by atoms with E-state index >= 15 is 0 Å². The van der Waals surface area contributed by atoms with Gasteiger partial charge in [0.05, 0.1) is 10.6 Å². The molecule has 0 bridgehead atoms. The fraction of sp³-hybridized carbons (Fsp3) is 0.500. The van der Waals surface area contributed by atoms with E-state index in [0.717, 1.165) is 31.7 Å². The van der Waals surface area contributed by atoms with Crippen LogP contribution in [0.3, 0.4) is 0 Å². The second kappa shape index (κ2) is 9.68. The van der Waals surface area contributed by atoms with Crippen molar-refractivity contribution in [2.75, 3.05) is 39.3 Å². The molecule has 32 heavy (non-hydrogen) atoms. The van der Waals surface area contributed by atoms with Crippen molar-refractivity contribution >= 4 is 15.9 Å². The maximum atomic E-state index is 13.1. The lowest BCUT2D eigenvalue weighted by atomic mass is 9.94. The molecule has 0 spiro atoms. The molecule has 0 N–H and O–H groups in total. The number of benzene rings is 1. The summed E-state index contributed by atoms with van der Waals surface area (Å²) in [6.45, 7) is 8.95. The maximum Gasteiger partial charge on any atom is 0.253 e. The summed E-state index contributed by atoms with van der Waals surface area (Å²) >= 11 is 0. The lowest BCUT2D eigenvalue weighted by Crippen LogP contribution is -2.48. The molecule has 3 heterocycles. The first kappa shape index (κ1) is 22.9. The molecule has 0 radical (unpaired) electrons. The van der Waals surface area contributed by atoms with Crippen LogP contribution >= 0.6 is 0 Å². The fourth-order valence-corrected chi connectivity index (χ4v) is 6.41. The van der Waals surface area contributed by atoms with Crippen LogP contribution in [0.15, 0.2) is 53.6 Å². The summed E-state index contributed by atoms with van der Waals surface area (Å²) < 4.78 is 27.7. The Kier molecular flexibility index (Phi) is 6.93. The number of hydrogen-bond donors (Lipinski definition) is 0. The highest BCUT2D eigenvalue weighted by Gasteiger charge is 2.32. The minimum absolute atomic E-state index is 0.0494. The van der Waals surface area contributed by atoms with E-state index in [0.29, 0.717) is 43.6 Å². The highest BCUT2D eigenvalue weighted by atomic mass is 32.2. The lowest BCUT2D eigenvalue weighted by molar-refractivity contribution is 0.0627. The van der Waals surface area contributed by atoms with Gasteiger partial charge in [0.25, 0.3) is 5.91 Å². The van der Waals surface area contributed by atoms with Crippen LogP contribution in [0, 0.1) is 11.8 Å². The minimum Gasteiger partial charge on any atom is -0.336 e. The number of rotatable bonds is 5. The monoisotopic (exact) mass is 456 g/mol. The maximum absolute atomic E-state index is 13.1. The summed E-state index contributed by atoms with van der Waals surface area (Å²) in [5.41, 5.74) is 1.56. The number of carbonyl (C=O) groups is 1. The Morgan fingerprint density at radius 1 is 0.969 bits per heavy atom. The van der Waals surface area contributed by atoms with E-state index in [4.69, 9.17) is 0 Å². The molecule has 4 rings (SSSR count). The zero-order chi connectivity index (χ0) is 22.7. The third-order valence-electron chi connectivity index (χ3n) is 6.35. The molecule has 2 aliphatic rings. The Hall–Kier alpha value is -2.29. The van der Waals surface area contributed by atoms with E-state index in [9.17, 15) is 13.2 Å². The summed E-state index contributed by atoms with van der Waals surface area (Å²) in [4.78, 5) is 21.7. The summed E-state index contributed by atoms with van der Waals surface area (Å²) in [6, 6.07) is 12.3. The van der Waals surface area contributed by atoms with Crippen molar-refractivity contribution in [3.63, 3.8) is 0 Å². The van der Waals surface area contributed by atoms with Crippen LogP contribution in [0.5, 0.6) is 0 Å². The molecule has 2 aliphatic heterocycles. The number of carbonyl (C=O) groups excluding carboxylic acids is 1. The summed E-state index contributed by atoms with van der Waals surface area (Å²) in [6.07, 6.45) is 2.85. The van der Waals surface area contributed by atoms with Gasteiger partial charge in [-0.25, -0.2) is 8.42 Å². The van der Waals surface area contributed by atoms with Crippen molar-refractivity contribution in [3.05, 3.63) is 59.9 Å². The van der Waals surface area contributed by atoms with E-state index in [1.165, 1.54) is 0 Å². The van der Waals surface area contributed by atoms with Crippen LogP contribution in [0.25, 0.3) is 0 Å². The van der Waals surface area contributed by atoms with E-state index in [2.05, 4.69) is 23.7 Å². The molecular weight excluding hydrogens is 424 g/mol. The lowest BCUT2D eigenvalue weighted by Gasteiger charge is -2.35. The Balaban J connectivity index is 1.36. The molecule has 0 saturated carbocycles. The third-order valence-corrected chi connectivity index (χ3v) is 8.19. The standard InChI is InChI=1S/C24H32N4O3S/c1-19-15-20(2)17-28(16-19)32(30,31)23-8-6-21(7-9-23)24(29)27-13-11-26(12-14-27)18-22-5-3-4-10-25-22/h3-10,19-20H,11-18H2,1-2H3. The number of nitrogens with zero attached hydrogens (tertiary/aromatic N) is 4. The number of sulfonamides is 1. The number of amides is 1. The van der Waals surface area contributed by atoms with Crippen molar-refractivity contribution in [1.29, 1.82) is 0 Å². The molecule has 2 fully saturated rings. The highest BCUT2D eigenvalue weighted by molar-refractivity contribution is 7.89. The topological polar surface area (TPSA) is 73.8 Å². The molecule has 1 aromatic heterocycles. The third kappa shape index (κ3) is 5.19. The Bertz CT molecular complexity index is 1010. The second-order valence-corrected chi connectivity index (χ2v) is 11.1. The van der Waals surface area contributed by atoms with Gasteiger partial charge in [-0.2, -0.15) is 4.31 Å². The normalized spacial score (nSPS) is 23.2. The number of hydrogen-bond acceptors (Lipinski definition) is 5. The van der Waals surface area contributed by atoms with Crippen molar-refractivity contribution in [1.82, 2.24) is 19.1 Å². The smallest absolute Gasteiger partial charge is 0.253 e. The van der Waals surface area contributed by atoms with Crippen molar-refractivity contribution in [2.45, 2.75) is 31.7 Å². The van der Waals surface area contributed by atoms with Gasteiger partial charge in [-0.3, -0.25) is 14.7 Å². The van der Waals surface area contributed by atoms with Gasteiger partial charge in [0.2, 0.25) is 10.0 Å². The van der Waals surface area contributed by atoms with E-state index in [-0.39, 0.29) is 10.8 Å². The molecular formula is C24H32N4O3S. The second-order valence-electron chi connectivity index (χ2n) is 9.18. The quantitative estimate of drug-likeness (QED) is 0.692. The number of aromatic nitrogens is 1. The average Bonchev–Trinajstić information content (AvgIpc) is 2.79. The molecule has 2 unspecified atom stereocenters. The average molecular weight is 457 g/mol. The van der Waals surface area contributed by atoms with Crippen molar-refractivity contribution in [2.24, 2.45) is 11.8 Å². The summed E-state index contributed by atoms with van der Waals surface area (Å²) in [5.74, 6) is 0.656. The predicted octanol–water partition coefficient (Wildman–Crippen LogP) is 2.71. The molecule has 8 heteroatoms. The first-order chi connectivity index (χ1) is 15.3. The highest BCUT2D eigenvalue weighted by Crippen LogP contribution is 2.27. The zero-order valence-corrected chi connectivity index (χ0v) is 19.7. The van der Waals surface area contributed by atoms with E-state index in [1.54, 1.807) is 34.8 Å². The van der Waals surface area contributed by atoms with Crippen LogP contribution < -0.4 is 0 Å². The molecule has 2 atom stereocenters. The van der Waals surface area contributed by atoms with Gasteiger partial charge in [0.1, 0.15) is 0 Å². The molecule has 172 valence electrons. The summed E-state index contributed by atoms with van der Waals surface area (Å²) in [5, 5.41) is 0. The first-order valence-corrected chi connectivity index (χ1v) is 12.8. The van der Waals surface area contributed by atoms with Crippen LogP contribution in [0.2, 0.25) is 0 Å². The molecule has 0 aliphatic carbocycles. The van der Waals surface area contributed by atoms with Crippen molar-refractivity contribution < 1.29 is 13.2 Å². The van der Waals surface area contributed by atoms with Gasteiger partial charge in [-0.05, 0) is 54.7 Å². The molecule has 1 aromatic carbocycles. The Morgan fingerprint density at radius 3 is 2.22 bits per heavy atom. The van der Waals surface area contributed by atoms with Crippen LogP contribution in [-0.2, 0) is 16.6 Å². The van der Waals surface area contributed by atoms with Crippen LogP contribution in [-0.4, -0.2) is 72.7 Å². The predicted molar refractivity (Wildman–Crippen MR) is 124 cm³/mol. The number of pyridine rings is 1. The first-order valence-electron chi connectivity index (χ1n) is 11.3. The Labute approximate surface area is 191 Å². The van der Waals surface area contributed by atoms with E-state index in [1.807, 2.05) is 23.1 Å². The van der Waals surface area contributed by atoms with Gasteiger partial charge < -0.3 is 4.90 Å². The van der Waals surface area contributed by atoms with Gasteiger partial charge in [0, 0.05) is 57.6 Å². The zero-order valence-electron chi connectivity index (χ0n) is 18.9. The minimum atomic E-state index is -3.54. The molecule has 7 nitrogen and oxygen atoms in total. The number of piperidine rings is 1. The van der Waals surface area contributed by atoms with Crippen LogP contribution in [0.4, 0.5) is 0 Å².